The van der Waals surface area contributed by atoms with E-state index in [9.17, 15) is 9.59 Å². The number of fused-ring (bicyclic) bond motifs is 1. The molecule has 0 unspecified atom stereocenters. The molecular weight excluding hydrogens is 356 g/mol. The second kappa shape index (κ2) is 6.76. The van der Waals surface area contributed by atoms with Gasteiger partial charge in [-0.25, -0.2) is 4.98 Å². The molecule has 3 aromatic rings. The van der Waals surface area contributed by atoms with Gasteiger partial charge in [0.05, 0.1) is 17.5 Å². The standard InChI is InChI=1S/C21H22N4O3/c1-25-17-7-4-14(20(28)23-11-8-18(26)27)12-16(17)24-19(25)13-2-5-15(6-3-13)21(22)9-10-21/h2-7,12H,8-11,22H2,1H3,(H,23,28)(H,26,27). The number of nitrogens with one attached hydrogen (secondary N) is 1. The fourth-order valence-corrected chi connectivity index (χ4v) is 3.36. The Labute approximate surface area is 162 Å². The molecule has 1 fully saturated rings. The minimum atomic E-state index is -0.946. The van der Waals surface area contributed by atoms with E-state index < -0.39 is 5.97 Å². The van der Waals surface area contributed by atoms with Crippen LogP contribution in [-0.4, -0.2) is 33.1 Å². The Balaban J connectivity index is 1.59. The number of carbonyl (C=O) groups is 2. The average Bonchev–Trinajstić information content (AvgIpc) is 3.35. The number of carboxylic acids is 1. The molecule has 1 amide bonds. The third-order valence-electron chi connectivity index (χ3n) is 5.27. The van der Waals surface area contributed by atoms with Crippen molar-refractivity contribution in [2.45, 2.75) is 24.8 Å². The highest BCUT2D eigenvalue weighted by Gasteiger charge is 2.39. The molecule has 0 spiro atoms. The Morgan fingerprint density at radius 1 is 1.21 bits per heavy atom. The highest BCUT2D eigenvalue weighted by atomic mass is 16.4. The number of hydrogen-bond acceptors (Lipinski definition) is 4. The quantitative estimate of drug-likeness (QED) is 0.610. The average molecular weight is 378 g/mol. The molecule has 4 rings (SSSR count). The number of amides is 1. The molecule has 2 aromatic carbocycles. The Hall–Kier alpha value is -3.19. The summed E-state index contributed by atoms with van der Waals surface area (Å²) in [6.07, 6.45) is 1.94. The van der Waals surface area contributed by atoms with E-state index in [-0.39, 0.29) is 24.4 Å². The van der Waals surface area contributed by atoms with Gasteiger partial charge in [0.1, 0.15) is 5.82 Å². The molecule has 1 heterocycles. The van der Waals surface area contributed by atoms with E-state index in [1.165, 1.54) is 0 Å². The minimum Gasteiger partial charge on any atom is -0.481 e. The van der Waals surface area contributed by atoms with Gasteiger partial charge >= 0.3 is 5.97 Å². The van der Waals surface area contributed by atoms with Gasteiger partial charge in [-0.3, -0.25) is 9.59 Å². The first-order valence-electron chi connectivity index (χ1n) is 9.24. The minimum absolute atomic E-state index is 0.0919. The van der Waals surface area contributed by atoms with Gasteiger partial charge in [0.25, 0.3) is 5.91 Å². The lowest BCUT2D eigenvalue weighted by atomic mass is 10.0. The van der Waals surface area contributed by atoms with Gasteiger partial charge in [-0.05, 0) is 36.6 Å². The van der Waals surface area contributed by atoms with Gasteiger partial charge in [0.2, 0.25) is 0 Å². The summed E-state index contributed by atoms with van der Waals surface area (Å²) in [7, 11) is 1.94. The summed E-state index contributed by atoms with van der Waals surface area (Å²) >= 11 is 0. The molecule has 1 aliphatic rings. The van der Waals surface area contributed by atoms with Crippen molar-refractivity contribution in [3.05, 3.63) is 53.6 Å². The van der Waals surface area contributed by atoms with Crippen molar-refractivity contribution in [2.24, 2.45) is 12.8 Å². The topological polar surface area (TPSA) is 110 Å². The van der Waals surface area contributed by atoms with Crippen molar-refractivity contribution in [1.29, 1.82) is 0 Å². The molecule has 0 atom stereocenters. The third kappa shape index (κ3) is 3.36. The summed E-state index contributed by atoms with van der Waals surface area (Å²) in [6, 6.07) is 13.5. The summed E-state index contributed by atoms with van der Waals surface area (Å²) in [5, 5.41) is 11.3. The number of nitrogens with two attached hydrogens (primary N) is 1. The van der Waals surface area contributed by atoms with E-state index in [0.717, 1.165) is 35.3 Å². The number of carboxylic acid groups (broad SMARTS) is 1. The fraction of sp³-hybridized carbons (Fsp3) is 0.286. The monoisotopic (exact) mass is 378 g/mol. The number of nitrogens with zero attached hydrogens (tertiary/aromatic N) is 2. The zero-order chi connectivity index (χ0) is 19.9. The first-order chi connectivity index (χ1) is 13.4. The van der Waals surface area contributed by atoms with Crippen LogP contribution >= 0.6 is 0 Å². The summed E-state index contributed by atoms with van der Waals surface area (Å²) in [5.74, 6) is -0.442. The first kappa shape index (κ1) is 18.2. The number of imidazole rings is 1. The number of aryl methyl sites for hydroxylation is 1. The lowest BCUT2D eigenvalue weighted by Gasteiger charge is -2.10. The smallest absolute Gasteiger partial charge is 0.305 e. The maximum Gasteiger partial charge on any atom is 0.305 e. The Kier molecular flexibility index (Phi) is 4.39. The van der Waals surface area contributed by atoms with Crippen LogP contribution in [0.5, 0.6) is 0 Å². The highest BCUT2D eigenvalue weighted by Crippen LogP contribution is 2.42. The SMILES string of the molecule is Cn1c(-c2ccc(C3(N)CC3)cc2)nc2cc(C(=O)NCCC(=O)O)ccc21. The van der Waals surface area contributed by atoms with E-state index in [2.05, 4.69) is 17.4 Å². The molecule has 1 aliphatic carbocycles. The van der Waals surface area contributed by atoms with Gasteiger partial charge in [0.15, 0.2) is 0 Å². The van der Waals surface area contributed by atoms with Gasteiger partial charge in [-0.1, -0.05) is 24.3 Å². The third-order valence-corrected chi connectivity index (χ3v) is 5.27. The Morgan fingerprint density at radius 2 is 1.93 bits per heavy atom. The maximum absolute atomic E-state index is 12.2. The second-order valence-corrected chi connectivity index (χ2v) is 7.33. The molecule has 0 bridgehead atoms. The van der Waals surface area contributed by atoms with Crippen molar-refractivity contribution in [2.75, 3.05) is 6.54 Å². The van der Waals surface area contributed by atoms with Crippen LogP contribution in [0.1, 0.15) is 35.2 Å². The van der Waals surface area contributed by atoms with Crippen molar-refractivity contribution < 1.29 is 14.7 Å². The van der Waals surface area contributed by atoms with Crippen molar-refractivity contribution in [3.63, 3.8) is 0 Å². The zero-order valence-corrected chi connectivity index (χ0v) is 15.6. The van der Waals surface area contributed by atoms with Gasteiger partial charge in [-0.15, -0.1) is 0 Å². The van der Waals surface area contributed by atoms with Crippen molar-refractivity contribution in [1.82, 2.24) is 14.9 Å². The van der Waals surface area contributed by atoms with Gasteiger partial charge in [0, 0.05) is 30.3 Å². The Bertz CT molecular complexity index is 1070. The van der Waals surface area contributed by atoms with E-state index in [0.29, 0.717) is 11.1 Å². The summed E-state index contributed by atoms with van der Waals surface area (Å²) < 4.78 is 1.99. The number of carbonyl (C=O) groups excluding carboxylic acids is 1. The largest absolute Gasteiger partial charge is 0.481 e. The molecule has 4 N–H and O–H groups in total. The van der Waals surface area contributed by atoms with Crippen LogP contribution in [0.3, 0.4) is 0 Å². The maximum atomic E-state index is 12.2. The molecule has 0 saturated heterocycles. The van der Waals surface area contributed by atoms with Crippen molar-refractivity contribution in [3.8, 4) is 11.4 Å². The van der Waals surface area contributed by atoms with Gasteiger partial charge < -0.3 is 20.7 Å². The lowest BCUT2D eigenvalue weighted by Crippen LogP contribution is -2.25. The molecule has 1 saturated carbocycles. The first-order valence-corrected chi connectivity index (χ1v) is 9.24. The van der Waals surface area contributed by atoms with Crippen LogP contribution in [0, 0.1) is 0 Å². The molecule has 28 heavy (non-hydrogen) atoms. The number of hydrogen-bond donors (Lipinski definition) is 3. The predicted octanol–water partition coefficient (Wildman–Crippen LogP) is 2.39. The van der Waals surface area contributed by atoms with Crippen LogP contribution in [0.25, 0.3) is 22.4 Å². The predicted molar refractivity (Wildman–Crippen MR) is 106 cm³/mol. The molecule has 0 radical (unpaired) electrons. The molecule has 7 heteroatoms. The molecule has 144 valence electrons. The normalized spacial score (nSPS) is 14.8. The molecule has 7 nitrogen and oxygen atoms in total. The summed E-state index contributed by atoms with van der Waals surface area (Å²) in [6.45, 7) is 0.0919. The van der Waals surface area contributed by atoms with Crippen LogP contribution in [-0.2, 0) is 17.4 Å². The van der Waals surface area contributed by atoms with Crippen molar-refractivity contribution >= 4 is 22.9 Å². The van der Waals surface area contributed by atoms with E-state index in [4.69, 9.17) is 15.8 Å². The Morgan fingerprint density at radius 3 is 2.57 bits per heavy atom. The molecular formula is C21H22N4O3. The van der Waals surface area contributed by atoms with E-state index in [1.807, 2.05) is 29.8 Å². The summed E-state index contributed by atoms with van der Waals surface area (Å²) in [5.41, 5.74) is 10.3. The van der Waals surface area contributed by atoms with E-state index >= 15 is 0 Å². The second-order valence-electron chi connectivity index (χ2n) is 7.33. The number of rotatable bonds is 6. The molecule has 0 aliphatic heterocycles. The van der Waals surface area contributed by atoms with Crippen LogP contribution in [0.4, 0.5) is 0 Å². The zero-order valence-electron chi connectivity index (χ0n) is 15.6. The van der Waals surface area contributed by atoms with E-state index in [1.54, 1.807) is 12.1 Å². The van der Waals surface area contributed by atoms with Crippen LogP contribution < -0.4 is 11.1 Å². The fourth-order valence-electron chi connectivity index (χ4n) is 3.36. The molecule has 1 aromatic heterocycles. The summed E-state index contributed by atoms with van der Waals surface area (Å²) in [4.78, 5) is 27.5. The van der Waals surface area contributed by atoms with Gasteiger partial charge in [-0.2, -0.15) is 0 Å². The lowest BCUT2D eigenvalue weighted by molar-refractivity contribution is -0.136. The number of aromatic nitrogens is 2. The number of aliphatic carboxylic acids is 1. The van der Waals surface area contributed by atoms with Crippen LogP contribution in [0.15, 0.2) is 42.5 Å². The number of benzene rings is 2. The van der Waals surface area contributed by atoms with Crippen LogP contribution in [0.2, 0.25) is 0 Å². The highest BCUT2D eigenvalue weighted by molar-refractivity contribution is 5.98.